The molecule has 8 rings (SSSR count). The lowest BCUT2D eigenvalue weighted by atomic mass is 9.96. The van der Waals surface area contributed by atoms with Crippen molar-refractivity contribution in [1.82, 2.24) is 0 Å². The fourth-order valence-electron chi connectivity index (χ4n) is 8.97. The Morgan fingerprint density at radius 1 is 0.458 bits per heavy atom. The first-order valence-corrected chi connectivity index (χ1v) is 25.4. The van der Waals surface area contributed by atoms with E-state index in [0.29, 0.717) is 0 Å². The Morgan fingerprint density at radius 2 is 0.847 bits per heavy atom. The summed E-state index contributed by atoms with van der Waals surface area (Å²) in [6.07, 6.45) is -17.6. The maximum atomic E-state index is 14.1. The van der Waals surface area contributed by atoms with Crippen LogP contribution in [0.4, 0.5) is 0 Å². The van der Waals surface area contributed by atoms with Gasteiger partial charge < -0.3 is 52.9 Å². The van der Waals surface area contributed by atoms with Gasteiger partial charge >= 0.3 is 23.9 Å². The molecule has 0 unspecified atom stereocenters. The van der Waals surface area contributed by atoms with Gasteiger partial charge in [0.2, 0.25) is 0 Å². The first kappa shape index (κ1) is 51.5. The van der Waals surface area contributed by atoms with E-state index < -0.39 is 105 Å². The van der Waals surface area contributed by atoms with E-state index in [1.807, 2.05) is 60.7 Å². The van der Waals surface area contributed by atoms with Crippen LogP contribution in [-0.2, 0) is 37.6 Å². The van der Waals surface area contributed by atoms with Crippen LogP contribution < -0.4 is 10.4 Å². The second-order valence-electron chi connectivity index (χ2n) is 18.3. The lowest BCUT2D eigenvalue weighted by molar-refractivity contribution is -0.352. The van der Waals surface area contributed by atoms with Crippen LogP contribution in [0.1, 0.15) is 62.2 Å². The maximum absolute atomic E-state index is 14.1. The number of aliphatic hydroxyl groups is 3. The summed E-state index contributed by atoms with van der Waals surface area (Å²) in [5.74, 6) is -3.57. The monoisotopic (exact) mass is 996 g/mol. The lowest BCUT2D eigenvalue weighted by Crippen LogP contribution is -2.69. The molecule has 0 spiro atoms. The van der Waals surface area contributed by atoms with Crippen LogP contribution >= 0.6 is 0 Å². The number of hydrogen-bond donors (Lipinski definition) is 3. The van der Waals surface area contributed by atoms with E-state index >= 15 is 0 Å². The molecule has 0 aromatic heterocycles. The van der Waals surface area contributed by atoms with Crippen molar-refractivity contribution in [1.29, 1.82) is 0 Å². The third-order valence-electron chi connectivity index (χ3n) is 12.6. The van der Waals surface area contributed by atoms with Crippen molar-refractivity contribution in [2.24, 2.45) is 0 Å². The molecule has 2 aliphatic heterocycles. The van der Waals surface area contributed by atoms with Gasteiger partial charge in [-0.2, -0.15) is 0 Å². The molecule has 0 saturated carbocycles. The molecule has 2 heterocycles. The van der Waals surface area contributed by atoms with Crippen molar-refractivity contribution in [3.05, 3.63) is 204 Å². The topological polar surface area (TPSA) is 203 Å². The minimum Gasteiger partial charge on any atom is -0.459 e. The number of aliphatic hydroxyl groups excluding tert-OH is 3. The number of esters is 4. The Bertz CT molecular complexity index is 2670. The summed E-state index contributed by atoms with van der Waals surface area (Å²) in [7, 11) is -3.32. The summed E-state index contributed by atoms with van der Waals surface area (Å²) in [4.78, 5) is 55.2. The molecular weight excluding hydrogens is 941 g/mol. The summed E-state index contributed by atoms with van der Waals surface area (Å²) in [5, 5.41) is 37.2. The minimum absolute atomic E-state index is 0.0695. The first-order valence-electron chi connectivity index (χ1n) is 23.5. The molecule has 6 aromatic rings. The van der Waals surface area contributed by atoms with Gasteiger partial charge in [0.15, 0.2) is 30.9 Å². The van der Waals surface area contributed by atoms with Crippen LogP contribution in [0.25, 0.3) is 0 Å². The molecule has 374 valence electrons. The third kappa shape index (κ3) is 11.6. The van der Waals surface area contributed by atoms with E-state index in [9.17, 15) is 34.5 Å². The van der Waals surface area contributed by atoms with E-state index in [0.717, 1.165) is 10.4 Å². The highest BCUT2D eigenvalue weighted by Crippen LogP contribution is 2.39. The Labute approximate surface area is 417 Å². The van der Waals surface area contributed by atoms with Crippen LogP contribution in [0, 0.1) is 0 Å². The average Bonchev–Trinajstić information content (AvgIpc) is 3.41. The summed E-state index contributed by atoms with van der Waals surface area (Å²) >= 11 is 0. The Balaban J connectivity index is 1.20. The van der Waals surface area contributed by atoms with Gasteiger partial charge in [-0.05, 0) is 63.9 Å². The van der Waals surface area contributed by atoms with Gasteiger partial charge in [-0.25, -0.2) is 19.2 Å². The SMILES string of the molecule is CC(C)(C)[Si](OC[C@H]1O[C@@H](O[C@H]2[C@H](OC(=O)c3ccccc3)[C@@H](OC(=O)c3ccccc3)[C@H](O)O[C@@H]2COC(=O)c2ccccc2)[C@H](OC(=O)c2ccccc2)[C@@H](O)[C@H]1O)(c1ccccc1)c1ccccc1. The number of ether oxygens (including phenoxy) is 7. The summed E-state index contributed by atoms with van der Waals surface area (Å²) in [5.41, 5.74) is 0.420. The molecule has 0 radical (unpaired) electrons. The fourth-order valence-corrected chi connectivity index (χ4v) is 13.5. The quantitative estimate of drug-likeness (QED) is 0.0610. The molecule has 16 heteroatoms. The lowest BCUT2D eigenvalue weighted by Gasteiger charge is -2.48. The van der Waals surface area contributed by atoms with Gasteiger partial charge in [0.05, 0.1) is 28.9 Å². The summed E-state index contributed by atoms with van der Waals surface area (Å²) < 4.78 is 50.3. The number of benzene rings is 6. The zero-order valence-corrected chi connectivity index (χ0v) is 40.7. The fraction of sp³-hybridized carbons (Fsp3) is 0.286. The zero-order chi connectivity index (χ0) is 50.8. The highest BCUT2D eigenvalue weighted by atomic mass is 28.4. The van der Waals surface area contributed by atoms with Crippen molar-refractivity contribution in [2.75, 3.05) is 13.2 Å². The number of hydrogen-bond acceptors (Lipinski definition) is 15. The van der Waals surface area contributed by atoms with Gasteiger partial charge in [-0.3, -0.25) is 0 Å². The standard InChI is InChI=1S/C56H56O15Si/c1-56(2,3)72(40-30-18-8-19-31-40,41-32-20-9-21-33-41)65-35-42-44(57)45(58)47(68-51(60)37-24-12-5-13-25-37)55(67-42)71-46-43(34-64-50(59)36-22-10-4-11-23-36)66-54(63)49(70-53(62)39-28-16-7-17-29-39)48(46)69-52(61)38-26-14-6-15-27-38/h4-33,42-49,54-55,57-58,63H,34-35H2,1-3H3/t42-,43-,44+,45+,46-,47-,48+,49-,54-,55+/m1/s1. The van der Waals surface area contributed by atoms with Crippen molar-refractivity contribution in [3.63, 3.8) is 0 Å². The van der Waals surface area contributed by atoms with Crippen LogP contribution in [0.15, 0.2) is 182 Å². The Hall–Kier alpha value is -6.86. The van der Waals surface area contributed by atoms with E-state index in [1.165, 1.54) is 48.5 Å². The van der Waals surface area contributed by atoms with Crippen LogP contribution in [-0.4, -0.2) is 122 Å². The second-order valence-corrected chi connectivity index (χ2v) is 22.6. The highest BCUT2D eigenvalue weighted by Gasteiger charge is 2.57. The first-order chi connectivity index (χ1) is 34.7. The molecule has 0 aliphatic carbocycles. The smallest absolute Gasteiger partial charge is 0.338 e. The van der Waals surface area contributed by atoms with Crippen LogP contribution in [0.3, 0.4) is 0 Å². The largest absolute Gasteiger partial charge is 0.459 e. The minimum atomic E-state index is -3.32. The van der Waals surface area contributed by atoms with Crippen molar-refractivity contribution < 1.29 is 72.1 Å². The van der Waals surface area contributed by atoms with E-state index in [2.05, 4.69) is 20.8 Å². The van der Waals surface area contributed by atoms with Gasteiger partial charge in [0.1, 0.15) is 37.1 Å². The van der Waals surface area contributed by atoms with Gasteiger partial charge in [-0.15, -0.1) is 0 Å². The zero-order valence-electron chi connectivity index (χ0n) is 39.7. The molecular formula is C56H56O15Si. The average molecular weight is 997 g/mol. The van der Waals surface area contributed by atoms with Crippen molar-refractivity contribution in [2.45, 2.75) is 87.2 Å². The number of carbonyl (C=O) groups is 4. The molecule has 0 bridgehead atoms. The molecule has 15 nitrogen and oxygen atoms in total. The second kappa shape index (κ2) is 23.1. The predicted octanol–water partition coefficient (Wildman–Crippen LogP) is 5.65. The summed E-state index contributed by atoms with van der Waals surface area (Å²) in [6, 6.07) is 51.1. The maximum Gasteiger partial charge on any atom is 0.338 e. The molecule has 2 saturated heterocycles. The van der Waals surface area contributed by atoms with E-state index in [-0.39, 0.29) is 28.9 Å². The molecule has 6 aromatic carbocycles. The number of rotatable bonds is 16. The third-order valence-corrected chi connectivity index (χ3v) is 17.6. The molecule has 72 heavy (non-hydrogen) atoms. The van der Waals surface area contributed by atoms with Gasteiger partial charge in [-0.1, -0.05) is 154 Å². The predicted molar refractivity (Wildman–Crippen MR) is 264 cm³/mol. The van der Waals surface area contributed by atoms with E-state index in [1.54, 1.807) is 72.8 Å². The van der Waals surface area contributed by atoms with Crippen LogP contribution in [0.2, 0.25) is 5.04 Å². The Kier molecular flexibility index (Phi) is 16.5. The Morgan fingerprint density at radius 3 is 1.28 bits per heavy atom. The van der Waals surface area contributed by atoms with Crippen molar-refractivity contribution >= 4 is 42.6 Å². The van der Waals surface area contributed by atoms with Gasteiger partial charge in [0, 0.05) is 0 Å². The molecule has 0 amide bonds. The van der Waals surface area contributed by atoms with Crippen molar-refractivity contribution in [3.8, 4) is 0 Å². The number of carbonyl (C=O) groups excluding carboxylic acids is 4. The normalized spacial score (nSPS) is 24.3. The van der Waals surface area contributed by atoms with E-state index in [4.69, 9.17) is 37.6 Å². The highest BCUT2D eigenvalue weighted by molar-refractivity contribution is 6.99. The molecule has 3 N–H and O–H groups in total. The molecule has 10 atom stereocenters. The molecule has 2 aliphatic rings. The van der Waals surface area contributed by atoms with Gasteiger partial charge in [0.25, 0.3) is 8.32 Å². The molecule has 2 fully saturated rings. The summed E-state index contributed by atoms with van der Waals surface area (Å²) in [6.45, 7) is 5.22. The van der Waals surface area contributed by atoms with Crippen LogP contribution in [0.5, 0.6) is 0 Å².